The van der Waals surface area contributed by atoms with Crippen LogP contribution in [-0.2, 0) is 0 Å². The Morgan fingerprint density at radius 1 is 1.21 bits per heavy atom. The number of aromatic nitrogens is 2. The predicted molar refractivity (Wildman–Crippen MR) is 77.4 cm³/mol. The van der Waals surface area contributed by atoms with Crippen LogP contribution >= 0.6 is 11.6 Å². The first-order chi connectivity index (χ1) is 9.11. The maximum absolute atomic E-state index is 5.91. The first-order valence-electron chi connectivity index (χ1n) is 6.14. The highest BCUT2D eigenvalue weighted by Gasteiger charge is 2.14. The van der Waals surface area contributed by atoms with Gasteiger partial charge in [0, 0.05) is 5.02 Å². The number of hydrogen-bond acceptors (Lipinski definition) is 4. The van der Waals surface area contributed by atoms with Crippen molar-refractivity contribution in [2.24, 2.45) is 0 Å². The van der Waals surface area contributed by atoms with Crippen LogP contribution in [0.15, 0.2) is 24.3 Å². The van der Waals surface area contributed by atoms with Crippen molar-refractivity contribution in [1.29, 1.82) is 0 Å². The first kappa shape index (κ1) is 13.6. The summed E-state index contributed by atoms with van der Waals surface area (Å²) in [6, 6.07) is 7.50. The fourth-order valence-corrected chi connectivity index (χ4v) is 1.95. The van der Waals surface area contributed by atoms with E-state index in [9.17, 15) is 0 Å². The maximum Gasteiger partial charge on any atom is 0.226 e. The summed E-state index contributed by atoms with van der Waals surface area (Å²) < 4.78 is 5.67. The molecular formula is C14H16ClN3O. The molecule has 4 nitrogen and oxygen atoms in total. The van der Waals surface area contributed by atoms with Gasteiger partial charge in [0.25, 0.3) is 0 Å². The summed E-state index contributed by atoms with van der Waals surface area (Å²) in [5.41, 5.74) is 8.30. The predicted octanol–water partition coefficient (Wildman–Crippen LogP) is 3.48. The Morgan fingerprint density at radius 3 is 2.53 bits per heavy atom. The summed E-state index contributed by atoms with van der Waals surface area (Å²) in [6.45, 7) is 4.52. The summed E-state index contributed by atoms with van der Waals surface area (Å²) in [4.78, 5) is 8.38. The highest BCUT2D eigenvalue weighted by molar-refractivity contribution is 6.30. The number of nitrogens with two attached hydrogens (primary N) is 1. The molecule has 1 aromatic heterocycles. The number of anilines is 1. The third-order valence-electron chi connectivity index (χ3n) is 2.65. The average molecular weight is 278 g/mol. The molecule has 0 saturated heterocycles. The average Bonchev–Trinajstić information content (AvgIpc) is 2.37. The molecule has 19 heavy (non-hydrogen) atoms. The van der Waals surface area contributed by atoms with Crippen molar-refractivity contribution in [3.8, 4) is 17.0 Å². The van der Waals surface area contributed by atoms with Crippen molar-refractivity contribution < 1.29 is 4.74 Å². The van der Waals surface area contributed by atoms with Gasteiger partial charge in [-0.1, -0.05) is 30.7 Å². The summed E-state index contributed by atoms with van der Waals surface area (Å²) in [5.74, 6) is 0.746. The molecule has 1 aromatic carbocycles. The van der Waals surface area contributed by atoms with Crippen LogP contribution in [0.5, 0.6) is 5.88 Å². The summed E-state index contributed by atoms with van der Waals surface area (Å²) >= 11 is 5.91. The fraction of sp³-hybridized carbons (Fsp3) is 0.286. The van der Waals surface area contributed by atoms with Gasteiger partial charge in [-0.3, -0.25) is 0 Å². The van der Waals surface area contributed by atoms with E-state index in [0.29, 0.717) is 17.5 Å². The van der Waals surface area contributed by atoms with Gasteiger partial charge in [-0.05, 0) is 31.0 Å². The first-order valence-corrected chi connectivity index (χ1v) is 6.52. The molecule has 0 bridgehead atoms. The van der Waals surface area contributed by atoms with Crippen molar-refractivity contribution in [2.45, 2.75) is 20.3 Å². The third-order valence-corrected chi connectivity index (χ3v) is 2.90. The second kappa shape index (κ2) is 5.89. The molecule has 2 aromatic rings. The monoisotopic (exact) mass is 277 g/mol. The molecule has 0 radical (unpaired) electrons. The number of aryl methyl sites for hydroxylation is 1. The van der Waals surface area contributed by atoms with Gasteiger partial charge < -0.3 is 10.5 Å². The van der Waals surface area contributed by atoms with E-state index >= 15 is 0 Å². The molecule has 0 amide bonds. The quantitative estimate of drug-likeness (QED) is 0.929. The molecular weight excluding hydrogens is 262 g/mol. The zero-order chi connectivity index (χ0) is 13.8. The van der Waals surface area contributed by atoms with E-state index in [1.54, 1.807) is 0 Å². The second-order valence-corrected chi connectivity index (χ2v) is 4.64. The molecule has 2 N–H and O–H groups in total. The van der Waals surface area contributed by atoms with Gasteiger partial charge in [-0.2, -0.15) is 4.98 Å². The largest absolute Gasteiger partial charge is 0.477 e. The molecule has 0 saturated carbocycles. The summed E-state index contributed by atoms with van der Waals surface area (Å²) in [6.07, 6.45) is 0.906. The summed E-state index contributed by atoms with van der Waals surface area (Å²) in [7, 11) is 0. The van der Waals surface area contributed by atoms with E-state index < -0.39 is 0 Å². The molecule has 0 unspecified atom stereocenters. The Hall–Kier alpha value is -1.81. The van der Waals surface area contributed by atoms with Crippen LogP contribution in [0.2, 0.25) is 5.02 Å². The Labute approximate surface area is 117 Å². The van der Waals surface area contributed by atoms with E-state index in [1.807, 2.05) is 38.1 Å². The van der Waals surface area contributed by atoms with Crippen LogP contribution in [0.4, 0.5) is 5.95 Å². The van der Waals surface area contributed by atoms with E-state index in [4.69, 9.17) is 22.1 Å². The van der Waals surface area contributed by atoms with Crippen molar-refractivity contribution in [3.63, 3.8) is 0 Å². The number of halogens is 1. The third kappa shape index (κ3) is 3.15. The van der Waals surface area contributed by atoms with E-state index in [-0.39, 0.29) is 5.95 Å². The molecule has 0 spiro atoms. The van der Waals surface area contributed by atoms with Gasteiger partial charge in [0.15, 0.2) is 0 Å². The minimum Gasteiger partial charge on any atom is -0.477 e. The maximum atomic E-state index is 5.91. The number of benzene rings is 1. The standard InChI is InChI=1S/C14H16ClN3O/c1-3-8-19-13-12(9(2)17-14(16)18-13)10-4-6-11(15)7-5-10/h4-7H,3,8H2,1-2H3,(H2,16,17,18). The minimum atomic E-state index is 0.223. The minimum absolute atomic E-state index is 0.223. The molecule has 0 aliphatic carbocycles. The Morgan fingerprint density at radius 2 is 1.89 bits per heavy atom. The molecule has 0 aliphatic heterocycles. The molecule has 5 heteroatoms. The zero-order valence-electron chi connectivity index (χ0n) is 11.0. The lowest BCUT2D eigenvalue weighted by Gasteiger charge is -2.12. The van der Waals surface area contributed by atoms with Crippen LogP contribution in [0.3, 0.4) is 0 Å². The number of nitrogens with zero attached hydrogens (tertiary/aromatic N) is 2. The van der Waals surface area contributed by atoms with Gasteiger partial charge >= 0.3 is 0 Å². The van der Waals surface area contributed by atoms with Crippen molar-refractivity contribution in [1.82, 2.24) is 9.97 Å². The van der Waals surface area contributed by atoms with Gasteiger partial charge in [-0.25, -0.2) is 4.98 Å². The molecule has 1 heterocycles. The van der Waals surface area contributed by atoms with Gasteiger partial charge in [0.05, 0.1) is 17.9 Å². The number of hydrogen-bond donors (Lipinski definition) is 1. The van der Waals surface area contributed by atoms with E-state index in [0.717, 1.165) is 23.2 Å². The smallest absolute Gasteiger partial charge is 0.226 e. The van der Waals surface area contributed by atoms with Crippen LogP contribution in [0, 0.1) is 6.92 Å². The molecule has 0 atom stereocenters. The number of rotatable bonds is 4. The lowest BCUT2D eigenvalue weighted by Crippen LogP contribution is -2.05. The van der Waals surface area contributed by atoms with Crippen LogP contribution in [0.1, 0.15) is 19.0 Å². The Balaban J connectivity index is 2.50. The van der Waals surface area contributed by atoms with Gasteiger partial charge in [0.2, 0.25) is 11.8 Å². The highest BCUT2D eigenvalue weighted by Crippen LogP contribution is 2.32. The van der Waals surface area contributed by atoms with Gasteiger partial charge in [0.1, 0.15) is 0 Å². The van der Waals surface area contributed by atoms with Gasteiger partial charge in [-0.15, -0.1) is 0 Å². The van der Waals surface area contributed by atoms with Crippen molar-refractivity contribution >= 4 is 17.5 Å². The number of nitrogen functional groups attached to an aromatic ring is 1. The normalized spacial score (nSPS) is 10.5. The van der Waals surface area contributed by atoms with E-state index in [2.05, 4.69) is 9.97 Å². The lowest BCUT2D eigenvalue weighted by molar-refractivity contribution is 0.306. The second-order valence-electron chi connectivity index (χ2n) is 4.20. The Bertz CT molecular complexity index is 570. The fourth-order valence-electron chi connectivity index (χ4n) is 1.82. The molecule has 0 fully saturated rings. The zero-order valence-corrected chi connectivity index (χ0v) is 11.7. The number of ether oxygens (including phenoxy) is 1. The van der Waals surface area contributed by atoms with Crippen molar-refractivity contribution in [3.05, 3.63) is 35.0 Å². The molecule has 100 valence electrons. The Kier molecular flexibility index (Phi) is 4.22. The highest BCUT2D eigenvalue weighted by atomic mass is 35.5. The molecule has 0 aliphatic rings. The SMILES string of the molecule is CCCOc1nc(N)nc(C)c1-c1ccc(Cl)cc1. The van der Waals surface area contributed by atoms with Crippen LogP contribution in [-0.4, -0.2) is 16.6 Å². The molecule has 2 rings (SSSR count). The lowest BCUT2D eigenvalue weighted by atomic mass is 10.1. The topological polar surface area (TPSA) is 61.0 Å². The van der Waals surface area contributed by atoms with E-state index in [1.165, 1.54) is 0 Å². The van der Waals surface area contributed by atoms with Crippen LogP contribution < -0.4 is 10.5 Å². The summed E-state index contributed by atoms with van der Waals surface area (Å²) in [5, 5.41) is 0.689. The van der Waals surface area contributed by atoms with Crippen LogP contribution in [0.25, 0.3) is 11.1 Å². The van der Waals surface area contributed by atoms with Crippen molar-refractivity contribution in [2.75, 3.05) is 12.3 Å².